The van der Waals surface area contributed by atoms with E-state index >= 15 is 0 Å². The highest BCUT2D eigenvalue weighted by Crippen LogP contribution is 2.27. The van der Waals surface area contributed by atoms with Crippen molar-refractivity contribution in [2.45, 2.75) is 5.16 Å². The van der Waals surface area contributed by atoms with Crippen molar-refractivity contribution in [3.8, 4) is 11.3 Å². The Bertz CT molecular complexity index is 929. The molecule has 3 nitrogen and oxygen atoms in total. The van der Waals surface area contributed by atoms with Gasteiger partial charge in [0.05, 0.1) is 11.2 Å². The lowest BCUT2D eigenvalue weighted by molar-refractivity contribution is 0.932. The van der Waals surface area contributed by atoms with Crippen LogP contribution in [0.1, 0.15) is 0 Å². The number of hydrogen-bond donors (Lipinski definition) is 0. The summed E-state index contributed by atoms with van der Waals surface area (Å²) in [6, 6.07) is 18.4. The first-order valence-electron chi connectivity index (χ1n) is 6.74. The van der Waals surface area contributed by atoms with Gasteiger partial charge in [-0.2, -0.15) is 0 Å². The Hall–Kier alpha value is -2.33. The second-order valence-corrected chi connectivity index (χ2v) is 5.57. The molecule has 0 spiro atoms. The van der Waals surface area contributed by atoms with E-state index in [1.165, 1.54) is 0 Å². The Morgan fingerprint density at radius 3 is 2.48 bits per heavy atom. The van der Waals surface area contributed by atoms with Crippen LogP contribution in [0.2, 0.25) is 0 Å². The van der Waals surface area contributed by atoms with Crippen molar-refractivity contribution in [2.75, 3.05) is 6.26 Å². The molecular formula is C17H13N3S. The molecule has 0 radical (unpaired) electrons. The molecule has 0 aliphatic rings. The van der Waals surface area contributed by atoms with E-state index in [2.05, 4.69) is 28.8 Å². The van der Waals surface area contributed by atoms with Crippen LogP contribution in [0.4, 0.5) is 0 Å². The number of aromatic nitrogens is 3. The molecule has 0 saturated heterocycles. The summed E-state index contributed by atoms with van der Waals surface area (Å²) >= 11 is 1.63. The minimum Gasteiger partial charge on any atom is -0.278 e. The molecule has 0 unspecified atom stereocenters. The zero-order valence-corrected chi connectivity index (χ0v) is 12.3. The molecule has 21 heavy (non-hydrogen) atoms. The third kappa shape index (κ3) is 1.99. The molecule has 0 aliphatic heterocycles. The summed E-state index contributed by atoms with van der Waals surface area (Å²) in [4.78, 5) is 9.54. The minimum atomic E-state index is 0.957. The second-order valence-electron chi connectivity index (χ2n) is 4.80. The zero-order chi connectivity index (χ0) is 14.2. The Balaban J connectivity index is 2.08. The van der Waals surface area contributed by atoms with Gasteiger partial charge in [-0.05, 0) is 18.4 Å². The Morgan fingerprint density at radius 2 is 1.67 bits per heavy atom. The van der Waals surface area contributed by atoms with E-state index in [9.17, 15) is 0 Å². The first-order chi connectivity index (χ1) is 10.4. The lowest BCUT2D eigenvalue weighted by atomic mass is 10.2. The molecule has 0 atom stereocenters. The predicted octanol–water partition coefficient (Wildman–Crippen LogP) is 4.27. The van der Waals surface area contributed by atoms with Crippen LogP contribution in [0.15, 0.2) is 66.0 Å². The fourth-order valence-corrected chi connectivity index (χ4v) is 3.05. The van der Waals surface area contributed by atoms with E-state index in [0.717, 1.165) is 33.0 Å². The standard InChI is InChI=1S/C17H13N3S/c1-21-17-19-14-10-6-5-9-13(14)16-18-15(11-20(16)17)12-7-3-2-4-8-12/h2-11H,1H3. The molecule has 0 N–H and O–H groups in total. The number of thioether (sulfide) groups is 1. The van der Waals surface area contributed by atoms with Gasteiger partial charge in [0, 0.05) is 17.1 Å². The lowest BCUT2D eigenvalue weighted by Gasteiger charge is -2.04. The molecule has 0 bridgehead atoms. The Morgan fingerprint density at radius 1 is 0.905 bits per heavy atom. The van der Waals surface area contributed by atoms with Crippen LogP contribution >= 0.6 is 11.8 Å². The largest absolute Gasteiger partial charge is 0.278 e. The molecular weight excluding hydrogens is 278 g/mol. The highest BCUT2D eigenvalue weighted by atomic mass is 32.2. The number of hydrogen-bond acceptors (Lipinski definition) is 3. The van der Waals surface area contributed by atoms with Crippen LogP contribution in [0.5, 0.6) is 0 Å². The quantitative estimate of drug-likeness (QED) is 0.408. The van der Waals surface area contributed by atoms with Gasteiger partial charge in [-0.1, -0.05) is 54.2 Å². The van der Waals surface area contributed by atoms with Crippen molar-refractivity contribution in [3.63, 3.8) is 0 Å². The van der Waals surface area contributed by atoms with E-state index in [4.69, 9.17) is 9.97 Å². The van der Waals surface area contributed by atoms with Gasteiger partial charge in [0.1, 0.15) is 5.65 Å². The maximum absolute atomic E-state index is 4.83. The zero-order valence-electron chi connectivity index (χ0n) is 11.5. The van der Waals surface area contributed by atoms with Crippen LogP contribution in [-0.2, 0) is 0 Å². The maximum Gasteiger partial charge on any atom is 0.174 e. The molecule has 0 aliphatic carbocycles. The summed E-state index contributed by atoms with van der Waals surface area (Å²) in [5.41, 5.74) is 4.05. The summed E-state index contributed by atoms with van der Waals surface area (Å²) < 4.78 is 2.08. The van der Waals surface area contributed by atoms with Crippen molar-refractivity contribution in [3.05, 3.63) is 60.8 Å². The highest BCUT2D eigenvalue weighted by molar-refractivity contribution is 7.98. The van der Waals surface area contributed by atoms with E-state index in [1.54, 1.807) is 11.8 Å². The smallest absolute Gasteiger partial charge is 0.174 e. The second kappa shape index (κ2) is 4.90. The number of benzene rings is 2. The van der Waals surface area contributed by atoms with E-state index < -0.39 is 0 Å². The van der Waals surface area contributed by atoms with Gasteiger partial charge in [-0.3, -0.25) is 4.40 Å². The first-order valence-corrected chi connectivity index (χ1v) is 7.96. The molecule has 2 aromatic carbocycles. The molecule has 2 heterocycles. The highest BCUT2D eigenvalue weighted by Gasteiger charge is 2.11. The molecule has 4 aromatic rings. The number of para-hydroxylation sites is 1. The summed E-state index contributed by atoms with van der Waals surface area (Å²) in [6.45, 7) is 0. The summed E-state index contributed by atoms with van der Waals surface area (Å²) in [5.74, 6) is 0. The van der Waals surface area contributed by atoms with Gasteiger partial charge in [0.2, 0.25) is 0 Å². The van der Waals surface area contributed by atoms with Crippen molar-refractivity contribution in [1.29, 1.82) is 0 Å². The third-order valence-electron chi connectivity index (χ3n) is 3.53. The van der Waals surface area contributed by atoms with Gasteiger partial charge in [-0.15, -0.1) is 0 Å². The molecule has 0 amide bonds. The fourth-order valence-electron chi connectivity index (χ4n) is 2.53. The van der Waals surface area contributed by atoms with Crippen LogP contribution < -0.4 is 0 Å². The average Bonchev–Trinajstić information content (AvgIpc) is 3.00. The molecule has 102 valence electrons. The van der Waals surface area contributed by atoms with Crippen LogP contribution in [-0.4, -0.2) is 20.6 Å². The maximum atomic E-state index is 4.83. The normalized spacial score (nSPS) is 11.3. The van der Waals surface area contributed by atoms with Crippen LogP contribution in [0, 0.1) is 0 Å². The average molecular weight is 291 g/mol. The molecule has 2 aromatic heterocycles. The Labute approximate surface area is 126 Å². The number of nitrogens with zero attached hydrogens (tertiary/aromatic N) is 3. The summed E-state index contributed by atoms with van der Waals surface area (Å²) in [7, 11) is 0. The van der Waals surface area contributed by atoms with E-state index in [-0.39, 0.29) is 0 Å². The number of imidazole rings is 1. The molecule has 0 fully saturated rings. The van der Waals surface area contributed by atoms with Crippen molar-refractivity contribution >= 4 is 28.3 Å². The van der Waals surface area contributed by atoms with E-state index in [0.29, 0.717) is 0 Å². The first kappa shape index (κ1) is 12.4. The van der Waals surface area contributed by atoms with Crippen molar-refractivity contribution < 1.29 is 0 Å². The predicted molar refractivity (Wildman–Crippen MR) is 87.7 cm³/mol. The van der Waals surface area contributed by atoms with Gasteiger partial charge < -0.3 is 0 Å². The summed E-state index contributed by atoms with van der Waals surface area (Å²) in [6.07, 6.45) is 4.11. The van der Waals surface area contributed by atoms with Gasteiger partial charge in [-0.25, -0.2) is 9.97 Å². The number of rotatable bonds is 2. The SMILES string of the molecule is CSc1nc2ccccc2c2nc(-c3ccccc3)cn12. The summed E-state index contributed by atoms with van der Waals surface area (Å²) in [5, 5.41) is 2.04. The Kier molecular flexibility index (Phi) is 2.89. The molecule has 4 rings (SSSR count). The van der Waals surface area contributed by atoms with Gasteiger partial charge in [0.15, 0.2) is 5.16 Å². The number of fused-ring (bicyclic) bond motifs is 3. The molecule has 0 saturated carbocycles. The van der Waals surface area contributed by atoms with Crippen molar-refractivity contribution in [2.24, 2.45) is 0 Å². The topological polar surface area (TPSA) is 30.2 Å². The third-order valence-corrected chi connectivity index (χ3v) is 4.18. The van der Waals surface area contributed by atoms with Crippen LogP contribution in [0.3, 0.4) is 0 Å². The van der Waals surface area contributed by atoms with E-state index in [1.807, 2.05) is 42.7 Å². The monoisotopic (exact) mass is 291 g/mol. The van der Waals surface area contributed by atoms with Crippen molar-refractivity contribution in [1.82, 2.24) is 14.4 Å². The minimum absolute atomic E-state index is 0.957. The lowest BCUT2D eigenvalue weighted by Crippen LogP contribution is -1.94. The van der Waals surface area contributed by atoms with Crippen LogP contribution in [0.25, 0.3) is 27.8 Å². The fraction of sp³-hybridized carbons (Fsp3) is 0.0588. The van der Waals surface area contributed by atoms with Gasteiger partial charge in [0.25, 0.3) is 0 Å². The molecule has 4 heteroatoms. The van der Waals surface area contributed by atoms with Gasteiger partial charge >= 0.3 is 0 Å².